The van der Waals surface area contributed by atoms with Crippen LogP contribution in [0.4, 0.5) is 11.4 Å². The lowest BCUT2D eigenvalue weighted by atomic mass is 10.1. The zero-order chi connectivity index (χ0) is 21.9. The summed E-state index contributed by atoms with van der Waals surface area (Å²) in [6, 6.07) is 3.46. The number of likely N-dealkylation sites (N-methyl/N-ethyl adjacent to an activating group) is 1. The summed E-state index contributed by atoms with van der Waals surface area (Å²) in [5.41, 5.74) is 0.195. The Balaban J connectivity index is 1.71. The average Bonchev–Trinajstić information content (AvgIpc) is 3.10. The van der Waals surface area contributed by atoms with Gasteiger partial charge < -0.3 is 19.3 Å². The topological polar surface area (TPSA) is 136 Å². The molecule has 1 unspecified atom stereocenters. The van der Waals surface area contributed by atoms with E-state index in [2.05, 4.69) is 0 Å². The number of rotatable bonds is 6. The highest BCUT2D eigenvalue weighted by Gasteiger charge is 2.33. The monoisotopic (exact) mass is 441 g/mol. The van der Waals surface area contributed by atoms with Crippen molar-refractivity contribution in [2.24, 2.45) is 0 Å². The van der Waals surface area contributed by atoms with Gasteiger partial charge in [-0.1, -0.05) is 0 Å². The number of amides is 1. The number of carbonyl (C=O) groups excluding carboxylic acids is 2. The lowest BCUT2D eigenvalue weighted by molar-refractivity contribution is -0.384. The third-order valence-electron chi connectivity index (χ3n) is 5.24. The standard InChI is InChI=1S/C18H23N3O8S/c1-19(14-4-9-30(26,27)12-14)17(22)11-29-18(23)15-10-13(21(24)25)2-3-16(15)20-5-7-28-8-6-20/h2-3,10,14H,4-9,11-12H2,1H3. The van der Waals surface area contributed by atoms with Crippen molar-refractivity contribution in [3.63, 3.8) is 0 Å². The van der Waals surface area contributed by atoms with Crippen molar-refractivity contribution in [2.75, 3.05) is 56.4 Å². The fraction of sp³-hybridized carbons (Fsp3) is 0.556. The molecule has 1 aromatic carbocycles. The first-order chi connectivity index (χ1) is 14.2. The second-order valence-electron chi connectivity index (χ2n) is 7.20. The molecule has 0 bridgehead atoms. The van der Waals surface area contributed by atoms with E-state index in [4.69, 9.17) is 9.47 Å². The molecule has 11 nitrogen and oxygen atoms in total. The van der Waals surface area contributed by atoms with Gasteiger partial charge in [0.05, 0.1) is 40.9 Å². The van der Waals surface area contributed by atoms with Crippen LogP contribution in [0.25, 0.3) is 0 Å². The van der Waals surface area contributed by atoms with Crippen LogP contribution in [0.1, 0.15) is 16.8 Å². The highest BCUT2D eigenvalue weighted by Crippen LogP contribution is 2.27. The van der Waals surface area contributed by atoms with Crippen LogP contribution >= 0.6 is 0 Å². The van der Waals surface area contributed by atoms with E-state index in [9.17, 15) is 28.1 Å². The van der Waals surface area contributed by atoms with Gasteiger partial charge in [0, 0.05) is 38.3 Å². The molecule has 2 aliphatic heterocycles. The number of ether oxygens (including phenoxy) is 2. The van der Waals surface area contributed by atoms with Crippen LogP contribution in [0.2, 0.25) is 0 Å². The van der Waals surface area contributed by atoms with Crippen LogP contribution in [0.5, 0.6) is 0 Å². The van der Waals surface area contributed by atoms with Crippen LogP contribution in [-0.2, 0) is 24.1 Å². The third-order valence-corrected chi connectivity index (χ3v) is 6.99. The molecule has 0 aliphatic carbocycles. The first kappa shape index (κ1) is 22.0. The van der Waals surface area contributed by atoms with Gasteiger partial charge in [0.2, 0.25) is 0 Å². The van der Waals surface area contributed by atoms with E-state index in [1.165, 1.54) is 24.1 Å². The maximum Gasteiger partial charge on any atom is 0.341 e. The summed E-state index contributed by atoms with van der Waals surface area (Å²) in [6.07, 6.45) is 0.338. The van der Waals surface area contributed by atoms with E-state index in [1.54, 1.807) is 0 Å². The number of nitro benzene ring substituents is 1. The van der Waals surface area contributed by atoms with Crippen molar-refractivity contribution in [3.8, 4) is 0 Å². The van der Waals surface area contributed by atoms with Crippen molar-refractivity contribution >= 4 is 33.1 Å². The highest BCUT2D eigenvalue weighted by molar-refractivity contribution is 7.91. The Kier molecular flexibility index (Phi) is 6.56. The largest absolute Gasteiger partial charge is 0.452 e. The predicted octanol–water partition coefficient (Wildman–Crippen LogP) is 0.234. The maximum atomic E-state index is 12.7. The second-order valence-corrected chi connectivity index (χ2v) is 9.42. The number of anilines is 1. The van der Waals surface area contributed by atoms with Crippen molar-refractivity contribution in [3.05, 3.63) is 33.9 Å². The van der Waals surface area contributed by atoms with E-state index in [1.807, 2.05) is 4.90 Å². The van der Waals surface area contributed by atoms with Crippen molar-refractivity contribution < 1.29 is 32.4 Å². The Hall–Kier alpha value is -2.73. The first-order valence-electron chi connectivity index (χ1n) is 9.42. The van der Waals surface area contributed by atoms with Gasteiger partial charge in [-0.05, 0) is 12.5 Å². The van der Waals surface area contributed by atoms with Gasteiger partial charge in [-0.3, -0.25) is 14.9 Å². The Morgan fingerprint density at radius 1 is 1.33 bits per heavy atom. The molecule has 0 saturated carbocycles. The number of sulfone groups is 1. The predicted molar refractivity (Wildman–Crippen MR) is 106 cm³/mol. The van der Waals surface area contributed by atoms with E-state index in [-0.39, 0.29) is 22.8 Å². The molecular formula is C18H23N3O8S. The van der Waals surface area contributed by atoms with Crippen LogP contribution in [0.15, 0.2) is 18.2 Å². The lowest BCUT2D eigenvalue weighted by Gasteiger charge is -2.30. The Labute approximate surface area is 173 Å². The summed E-state index contributed by atoms with van der Waals surface area (Å²) in [5, 5.41) is 11.1. The minimum Gasteiger partial charge on any atom is -0.452 e. The fourth-order valence-electron chi connectivity index (χ4n) is 3.47. The number of benzene rings is 1. The number of hydrogen-bond donors (Lipinski definition) is 0. The summed E-state index contributed by atoms with van der Waals surface area (Å²) < 4.78 is 33.6. The molecule has 0 aromatic heterocycles. The molecule has 3 rings (SSSR count). The van der Waals surface area contributed by atoms with E-state index in [0.717, 1.165) is 6.07 Å². The summed E-state index contributed by atoms with van der Waals surface area (Å²) >= 11 is 0. The molecule has 2 fully saturated rings. The number of nitro groups is 1. The quantitative estimate of drug-likeness (QED) is 0.345. The minimum atomic E-state index is -3.16. The molecule has 30 heavy (non-hydrogen) atoms. The summed E-state index contributed by atoms with van der Waals surface area (Å²) in [5.74, 6) is -1.49. The Morgan fingerprint density at radius 3 is 2.63 bits per heavy atom. The van der Waals surface area contributed by atoms with Crippen molar-refractivity contribution in [1.29, 1.82) is 0 Å². The van der Waals surface area contributed by atoms with Gasteiger partial charge in [0.25, 0.3) is 11.6 Å². The molecule has 2 saturated heterocycles. The molecule has 2 heterocycles. The zero-order valence-corrected chi connectivity index (χ0v) is 17.3. The lowest BCUT2D eigenvalue weighted by Crippen LogP contribution is -2.40. The number of morpholine rings is 1. The van der Waals surface area contributed by atoms with Gasteiger partial charge >= 0.3 is 5.97 Å². The first-order valence-corrected chi connectivity index (χ1v) is 11.2. The van der Waals surface area contributed by atoms with Crippen molar-refractivity contribution in [2.45, 2.75) is 12.5 Å². The molecule has 0 radical (unpaired) electrons. The van der Waals surface area contributed by atoms with Gasteiger partial charge in [-0.15, -0.1) is 0 Å². The van der Waals surface area contributed by atoms with Gasteiger partial charge in [-0.2, -0.15) is 0 Å². The van der Waals surface area contributed by atoms with Crippen LogP contribution in [-0.4, -0.2) is 87.6 Å². The number of non-ortho nitro benzene ring substituents is 1. The van der Waals surface area contributed by atoms with E-state index >= 15 is 0 Å². The number of hydrogen-bond acceptors (Lipinski definition) is 9. The Bertz CT molecular complexity index is 943. The molecule has 164 valence electrons. The van der Waals surface area contributed by atoms with Crippen LogP contribution < -0.4 is 4.90 Å². The van der Waals surface area contributed by atoms with Crippen LogP contribution in [0.3, 0.4) is 0 Å². The average molecular weight is 441 g/mol. The van der Waals surface area contributed by atoms with E-state index in [0.29, 0.717) is 38.4 Å². The van der Waals surface area contributed by atoms with Gasteiger partial charge in [0.1, 0.15) is 0 Å². The smallest absolute Gasteiger partial charge is 0.341 e. The summed E-state index contributed by atoms with van der Waals surface area (Å²) in [4.78, 5) is 38.7. The molecular weight excluding hydrogens is 418 g/mol. The van der Waals surface area contributed by atoms with Crippen molar-refractivity contribution in [1.82, 2.24) is 4.90 Å². The summed E-state index contributed by atoms with van der Waals surface area (Å²) in [7, 11) is -1.69. The van der Waals surface area contributed by atoms with Gasteiger partial charge in [-0.25, -0.2) is 13.2 Å². The summed E-state index contributed by atoms with van der Waals surface area (Å²) in [6.45, 7) is 1.35. The Morgan fingerprint density at radius 2 is 2.03 bits per heavy atom. The molecule has 2 aliphatic rings. The molecule has 1 amide bonds. The fourth-order valence-corrected chi connectivity index (χ4v) is 5.25. The molecule has 1 aromatic rings. The SMILES string of the molecule is CN(C(=O)COC(=O)c1cc([N+](=O)[O-])ccc1N1CCOCC1)C1CCS(=O)(=O)C1. The highest BCUT2D eigenvalue weighted by atomic mass is 32.2. The molecule has 1 atom stereocenters. The van der Waals surface area contributed by atoms with Crippen LogP contribution in [0, 0.1) is 10.1 Å². The number of carbonyl (C=O) groups is 2. The minimum absolute atomic E-state index is 0.00926. The molecule has 0 N–H and O–H groups in total. The van der Waals surface area contributed by atoms with E-state index < -0.39 is 39.3 Å². The maximum absolute atomic E-state index is 12.7. The third kappa shape index (κ3) is 5.05. The van der Waals surface area contributed by atoms with Gasteiger partial charge in [0.15, 0.2) is 16.4 Å². The second kappa shape index (κ2) is 8.96. The normalized spacial score (nSPS) is 20.6. The molecule has 12 heteroatoms. The number of esters is 1. The number of nitrogens with zero attached hydrogens (tertiary/aromatic N) is 3. The molecule has 0 spiro atoms. The zero-order valence-electron chi connectivity index (χ0n) is 16.5.